The Morgan fingerprint density at radius 2 is 2.31 bits per heavy atom. The zero-order valence-corrected chi connectivity index (χ0v) is 9.43. The van der Waals surface area contributed by atoms with Crippen LogP contribution in [0.1, 0.15) is 12.6 Å². The summed E-state index contributed by atoms with van der Waals surface area (Å²) in [6.45, 7) is 3.25. The minimum absolute atomic E-state index is 0.467. The van der Waals surface area contributed by atoms with Crippen LogP contribution in [-0.4, -0.2) is 15.2 Å². The number of aromatic nitrogens is 1. The number of hydrogen-bond donors (Lipinski definition) is 1. The van der Waals surface area contributed by atoms with E-state index in [-0.39, 0.29) is 0 Å². The third-order valence-corrected chi connectivity index (χ3v) is 2.46. The number of halogens is 2. The van der Waals surface area contributed by atoms with Gasteiger partial charge in [0.05, 0.1) is 5.69 Å². The lowest BCUT2D eigenvalue weighted by atomic mass is 10.4. The second-order valence-corrected chi connectivity index (χ2v) is 5.20. The number of nitrogens with zero attached hydrogens (tertiary/aromatic N) is 1. The van der Waals surface area contributed by atoms with Gasteiger partial charge in [-0.15, -0.1) is 11.3 Å². The van der Waals surface area contributed by atoms with Gasteiger partial charge in [-0.1, -0.05) is 23.2 Å². The molecule has 0 saturated carbocycles. The highest BCUT2D eigenvalue weighted by Gasteiger charge is 2.27. The van der Waals surface area contributed by atoms with Crippen LogP contribution in [0.15, 0.2) is 5.38 Å². The van der Waals surface area contributed by atoms with Crippen LogP contribution in [0, 0.1) is 6.92 Å². The molecule has 1 rings (SSSR count). The van der Waals surface area contributed by atoms with Crippen molar-refractivity contribution in [1.29, 1.82) is 0 Å². The van der Waals surface area contributed by atoms with E-state index in [4.69, 9.17) is 23.2 Å². The van der Waals surface area contributed by atoms with E-state index in [0.29, 0.717) is 5.13 Å². The van der Waals surface area contributed by atoms with Crippen LogP contribution in [0.2, 0.25) is 0 Å². The highest BCUT2D eigenvalue weighted by molar-refractivity contribution is 7.14. The average molecular weight is 239 g/mol. The van der Waals surface area contributed by atoms with Crippen molar-refractivity contribution >= 4 is 45.6 Å². The summed E-state index contributed by atoms with van der Waals surface area (Å²) >= 11 is 12.5. The van der Waals surface area contributed by atoms with Crippen molar-refractivity contribution in [2.24, 2.45) is 0 Å². The highest BCUT2D eigenvalue weighted by atomic mass is 35.5. The van der Waals surface area contributed by atoms with Gasteiger partial charge in [-0.2, -0.15) is 0 Å². The zero-order chi connectivity index (χ0) is 10.1. The van der Waals surface area contributed by atoms with Gasteiger partial charge in [-0.25, -0.2) is 4.98 Å². The van der Waals surface area contributed by atoms with E-state index in [1.807, 2.05) is 12.3 Å². The number of carbonyl (C=O) groups excluding carboxylic acids is 1. The molecule has 1 heterocycles. The van der Waals surface area contributed by atoms with Crippen molar-refractivity contribution in [2.45, 2.75) is 18.2 Å². The number of alkyl halides is 2. The van der Waals surface area contributed by atoms with Crippen LogP contribution in [0.3, 0.4) is 0 Å². The molecule has 0 aliphatic carbocycles. The monoisotopic (exact) mass is 238 g/mol. The quantitative estimate of drug-likeness (QED) is 0.806. The molecular weight excluding hydrogens is 231 g/mol. The van der Waals surface area contributed by atoms with Gasteiger partial charge in [-0.05, 0) is 13.8 Å². The third-order valence-electron chi connectivity index (χ3n) is 1.24. The van der Waals surface area contributed by atoms with Crippen LogP contribution < -0.4 is 5.32 Å². The Morgan fingerprint density at radius 1 is 1.69 bits per heavy atom. The third kappa shape index (κ3) is 3.14. The molecule has 0 bridgehead atoms. The summed E-state index contributed by atoms with van der Waals surface area (Å²) in [7, 11) is 0. The SMILES string of the molecule is Cc1csc(NC(=O)C(C)(Cl)Cl)n1. The lowest BCUT2D eigenvalue weighted by Gasteiger charge is -2.10. The molecule has 0 fully saturated rings. The minimum atomic E-state index is -1.42. The number of nitrogens with one attached hydrogen (secondary N) is 1. The predicted molar refractivity (Wildman–Crippen MR) is 55.6 cm³/mol. The van der Waals surface area contributed by atoms with Gasteiger partial charge >= 0.3 is 0 Å². The average Bonchev–Trinajstić information content (AvgIpc) is 2.33. The van der Waals surface area contributed by atoms with E-state index in [0.717, 1.165) is 5.69 Å². The van der Waals surface area contributed by atoms with Crippen molar-refractivity contribution in [1.82, 2.24) is 4.98 Å². The summed E-state index contributed by atoms with van der Waals surface area (Å²) in [5.74, 6) is -0.467. The van der Waals surface area contributed by atoms with Crippen LogP contribution in [-0.2, 0) is 4.79 Å². The number of thiazole rings is 1. The van der Waals surface area contributed by atoms with Crippen LogP contribution in [0.4, 0.5) is 5.13 Å². The first-order valence-corrected chi connectivity index (χ1v) is 5.14. The lowest BCUT2D eigenvalue weighted by Crippen LogP contribution is -2.29. The Hall–Kier alpha value is -0.320. The van der Waals surface area contributed by atoms with E-state index in [1.165, 1.54) is 18.3 Å². The summed E-state index contributed by atoms with van der Waals surface area (Å²) in [6, 6.07) is 0. The van der Waals surface area contributed by atoms with E-state index < -0.39 is 10.2 Å². The Balaban J connectivity index is 2.65. The van der Waals surface area contributed by atoms with Crippen molar-refractivity contribution < 1.29 is 4.79 Å². The van der Waals surface area contributed by atoms with Crippen LogP contribution >= 0.6 is 34.5 Å². The molecule has 1 N–H and O–H groups in total. The van der Waals surface area contributed by atoms with Gasteiger partial charge in [0.1, 0.15) is 0 Å². The predicted octanol–water partition coefficient (Wildman–Crippen LogP) is 2.58. The summed E-state index contributed by atoms with van der Waals surface area (Å²) in [5, 5.41) is 4.85. The largest absolute Gasteiger partial charge is 0.299 e. The first-order valence-electron chi connectivity index (χ1n) is 3.51. The van der Waals surface area contributed by atoms with Crippen molar-refractivity contribution in [3.8, 4) is 0 Å². The molecular formula is C7H8Cl2N2OS. The number of hydrogen-bond acceptors (Lipinski definition) is 3. The molecule has 0 atom stereocenters. The smallest absolute Gasteiger partial charge is 0.262 e. The van der Waals surface area contributed by atoms with E-state index in [2.05, 4.69) is 10.3 Å². The number of carbonyl (C=O) groups is 1. The zero-order valence-electron chi connectivity index (χ0n) is 7.10. The van der Waals surface area contributed by atoms with Gasteiger partial charge < -0.3 is 0 Å². The van der Waals surface area contributed by atoms with E-state index in [9.17, 15) is 4.79 Å². The minimum Gasteiger partial charge on any atom is -0.299 e. The Kier molecular flexibility index (Phi) is 3.16. The fourth-order valence-corrected chi connectivity index (χ4v) is 1.40. The molecule has 6 heteroatoms. The molecule has 0 aromatic carbocycles. The molecule has 0 radical (unpaired) electrons. The lowest BCUT2D eigenvalue weighted by molar-refractivity contribution is -0.116. The Bertz CT molecular complexity index is 319. The standard InChI is InChI=1S/C7H8Cl2N2OS/c1-4-3-13-6(10-4)11-5(12)7(2,8)9/h3H,1-2H3,(H,10,11,12). The van der Waals surface area contributed by atoms with Crippen LogP contribution in [0.5, 0.6) is 0 Å². The van der Waals surface area contributed by atoms with E-state index >= 15 is 0 Å². The summed E-state index contributed by atoms with van der Waals surface area (Å²) < 4.78 is -1.42. The number of rotatable bonds is 2. The van der Waals surface area contributed by atoms with E-state index in [1.54, 1.807) is 0 Å². The fraction of sp³-hybridized carbons (Fsp3) is 0.429. The second-order valence-electron chi connectivity index (χ2n) is 2.64. The van der Waals surface area contributed by atoms with Crippen molar-refractivity contribution in [3.05, 3.63) is 11.1 Å². The van der Waals surface area contributed by atoms with Gasteiger partial charge in [0.2, 0.25) is 0 Å². The van der Waals surface area contributed by atoms with Gasteiger partial charge in [0.15, 0.2) is 9.46 Å². The molecule has 0 aliphatic rings. The highest BCUT2D eigenvalue weighted by Crippen LogP contribution is 2.23. The van der Waals surface area contributed by atoms with Crippen molar-refractivity contribution in [2.75, 3.05) is 5.32 Å². The summed E-state index contributed by atoms with van der Waals surface area (Å²) in [5.41, 5.74) is 0.853. The fourth-order valence-electron chi connectivity index (χ4n) is 0.618. The molecule has 0 unspecified atom stereocenters. The molecule has 1 aromatic heterocycles. The Labute approximate surface area is 90.1 Å². The molecule has 0 saturated heterocycles. The molecule has 1 aromatic rings. The normalized spacial score (nSPS) is 11.4. The maximum absolute atomic E-state index is 11.2. The molecule has 72 valence electrons. The maximum Gasteiger partial charge on any atom is 0.262 e. The molecule has 13 heavy (non-hydrogen) atoms. The first kappa shape index (κ1) is 10.8. The van der Waals surface area contributed by atoms with Crippen LogP contribution in [0.25, 0.3) is 0 Å². The number of amides is 1. The first-order chi connectivity index (χ1) is 5.89. The van der Waals surface area contributed by atoms with Crippen molar-refractivity contribution in [3.63, 3.8) is 0 Å². The van der Waals surface area contributed by atoms with Gasteiger partial charge in [0.25, 0.3) is 5.91 Å². The molecule has 0 aliphatic heterocycles. The molecule has 3 nitrogen and oxygen atoms in total. The summed E-state index contributed by atoms with van der Waals surface area (Å²) in [4.78, 5) is 15.3. The van der Waals surface area contributed by atoms with Gasteiger partial charge in [0, 0.05) is 5.38 Å². The Morgan fingerprint density at radius 3 is 2.69 bits per heavy atom. The maximum atomic E-state index is 11.2. The number of aryl methyl sites for hydroxylation is 1. The van der Waals surface area contributed by atoms with Gasteiger partial charge in [-0.3, -0.25) is 10.1 Å². The summed E-state index contributed by atoms with van der Waals surface area (Å²) in [6.07, 6.45) is 0. The molecule has 0 spiro atoms. The topological polar surface area (TPSA) is 42.0 Å². The second kappa shape index (κ2) is 3.82. The molecule has 1 amide bonds. The number of anilines is 1.